The monoisotopic (exact) mass is 286 g/mol. The Hall–Kier alpha value is -1.88. The van der Waals surface area contributed by atoms with Gasteiger partial charge in [-0.1, -0.05) is 18.1 Å². The number of benzene rings is 1. The molecule has 0 fully saturated rings. The van der Waals surface area contributed by atoms with Crippen molar-refractivity contribution in [3.05, 3.63) is 35.2 Å². The molecule has 2 N–H and O–H groups in total. The average molecular weight is 286 g/mol. The van der Waals surface area contributed by atoms with Gasteiger partial charge in [-0.3, -0.25) is 0 Å². The zero-order valence-corrected chi connectivity index (χ0v) is 12.6. The topological polar surface area (TPSA) is 63.0 Å². The Balaban J connectivity index is 1.67. The van der Waals surface area contributed by atoms with Gasteiger partial charge in [0.25, 0.3) is 0 Å². The highest BCUT2D eigenvalue weighted by atomic mass is 16.4. The summed E-state index contributed by atoms with van der Waals surface area (Å²) in [6, 6.07) is 6.98. The van der Waals surface area contributed by atoms with E-state index >= 15 is 0 Å². The molecule has 0 amide bonds. The number of hydrogen-bond acceptors (Lipinski definition) is 5. The van der Waals surface area contributed by atoms with Crippen molar-refractivity contribution in [3.8, 4) is 0 Å². The summed E-state index contributed by atoms with van der Waals surface area (Å²) in [5.74, 6) is 0.618. The lowest BCUT2D eigenvalue weighted by Crippen LogP contribution is -2.19. The maximum Gasteiger partial charge on any atom is 0.320 e. The van der Waals surface area contributed by atoms with Crippen molar-refractivity contribution < 1.29 is 4.42 Å². The molecule has 5 nitrogen and oxygen atoms in total. The Kier molecular flexibility index (Phi) is 4.20. The Morgan fingerprint density at radius 1 is 1.24 bits per heavy atom. The van der Waals surface area contributed by atoms with Gasteiger partial charge in [-0.25, -0.2) is 0 Å². The summed E-state index contributed by atoms with van der Waals surface area (Å²) >= 11 is 0. The van der Waals surface area contributed by atoms with Crippen LogP contribution >= 0.6 is 0 Å². The zero-order chi connectivity index (χ0) is 14.7. The number of fused-ring (bicyclic) bond motifs is 1. The molecular weight excluding hydrogens is 264 g/mol. The van der Waals surface area contributed by atoms with Crippen molar-refractivity contribution >= 4 is 11.7 Å². The molecule has 0 spiro atoms. The van der Waals surface area contributed by atoms with E-state index in [1.54, 1.807) is 0 Å². The summed E-state index contributed by atoms with van der Waals surface area (Å²) in [7, 11) is 0. The van der Waals surface area contributed by atoms with Crippen LogP contribution < -0.4 is 10.6 Å². The molecule has 1 heterocycles. The van der Waals surface area contributed by atoms with Crippen LogP contribution in [0.3, 0.4) is 0 Å². The minimum absolute atomic E-state index is 0.0769. The van der Waals surface area contributed by atoms with E-state index in [0.717, 1.165) is 25.1 Å². The minimum atomic E-state index is 0.0769. The molecule has 1 atom stereocenters. The van der Waals surface area contributed by atoms with Gasteiger partial charge >= 0.3 is 6.01 Å². The first kappa shape index (κ1) is 14.1. The minimum Gasteiger partial charge on any atom is -0.406 e. The predicted octanol–water partition coefficient (Wildman–Crippen LogP) is 3.36. The molecule has 5 heteroatoms. The van der Waals surface area contributed by atoms with Crippen LogP contribution in [0, 0.1) is 0 Å². The Morgan fingerprint density at radius 3 is 2.95 bits per heavy atom. The lowest BCUT2D eigenvalue weighted by molar-refractivity contribution is 0.424. The highest BCUT2D eigenvalue weighted by Gasteiger charge is 2.14. The van der Waals surface area contributed by atoms with Gasteiger partial charge < -0.3 is 15.1 Å². The van der Waals surface area contributed by atoms with E-state index in [1.807, 2.05) is 6.92 Å². The fourth-order valence-corrected chi connectivity index (χ4v) is 2.68. The normalized spacial score (nSPS) is 15.0. The van der Waals surface area contributed by atoms with Crippen LogP contribution in [0.2, 0.25) is 0 Å². The molecule has 0 saturated heterocycles. The average Bonchev–Trinajstić information content (AvgIpc) is 3.13. The molecule has 112 valence electrons. The largest absolute Gasteiger partial charge is 0.406 e. The van der Waals surface area contributed by atoms with Gasteiger partial charge in [0.1, 0.15) is 0 Å². The second kappa shape index (κ2) is 6.26. The SMILES string of the molecule is CCCNC(C)c1nnc(Nc2ccc3c(c2)CCC3)o1. The van der Waals surface area contributed by atoms with E-state index in [0.29, 0.717) is 11.9 Å². The predicted molar refractivity (Wildman–Crippen MR) is 82.8 cm³/mol. The van der Waals surface area contributed by atoms with Gasteiger partial charge in [-0.15, -0.1) is 5.10 Å². The molecule has 0 saturated carbocycles. The van der Waals surface area contributed by atoms with Crippen molar-refractivity contribution in [2.24, 2.45) is 0 Å². The highest BCUT2D eigenvalue weighted by Crippen LogP contribution is 2.26. The number of aromatic nitrogens is 2. The van der Waals surface area contributed by atoms with Crippen LogP contribution in [-0.4, -0.2) is 16.7 Å². The molecule has 1 aromatic carbocycles. The lowest BCUT2D eigenvalue weighted by Gasteiger charge is -2.07. The standard InChI is InChI=1S/C16H22N4O/c1-3-9-17-11(2)15-19-20-16(21-15)18-14-8-7-12-5-4-6-13(12)10-14/h7-8,10-11,17H,3-6,9H2,1-2H3,(H,18,20). The molecule has 1 unspecified atom stereocenters. The fraction of sp³-hybridized carbons (Fsp3) is 0.500. The fourth-order valence-electron chi connectivity index (χ4n) is 2.68. The maximum absolute atomic E-state index is 5.67. The van der Waals surface area contributed by atoms with E-state index in [2.05, 4.69) is 46.0 Å². The summed E-state index contributed by atoms with van der Waals surface area (Å²) in [5, 5.41) is 14.7. The number of anilines is 2. The first-order valence-corrected chi connectivity index (χ1v) is 7.72. The van der Waals surface area contributed by atoms with E-state index in [-0.39, 0.29) is 6.04 Å². The summed E-state index contributed by atoms with van der Waals surface area (Å²) in [5.41, 5.74) is 3.90. The first-order valence-electron chi connectivity index (χ1n) is 7.72. The van der Waals surface area contributed by atoms with Crippen LogP contribution in [0.4, 0.5) is 11.7 Å². The second-order valence-electron chi connectivity index (χ2n) is 5.58. The molecule has 0 radical (unpaired) electrons. The number of nitrogens with one attached hydrogen (secondary N) is 2. The van der Waals surface area contributed by atoms with Gasteiger partial charge in [-0.2, -0.15) is 0 Å². The smallest absolute Gasteiger partial charge is 0.320 e. The molecule has 21 heavy (non-hydrogen) atoms. The van der Waals surface area contributed by atoms with E-state index in [1.165, 1.54) is 24.0 Å². The molecule has 0 bridgehead atoms. The van der Waals surface area contributed by atoms with E-state index in [9.17, 15) is 0 Å². The quantitative estimate of drug-likeness (QED) is 0.852. The maximum atomic E-state index is 5.67. The summed E-state index contributed by atoms with van der Waals surface area (Å²) < 4.78 is 5.67. The van der Waals surface area contributed by atoms with E-state index < -0.39 is 0 Å². The first-order chi connectivity index (χ1) is 10.3. The summed E-state index contributed by atoms with van der Waals surface area (Å²) in [6.07, 6.45) is 4.70. The molecule has 1 aromatic heterocycles. The second-order valence-corrected chi connectivity index (χ2v) is 5.58. The van der Waals surface area contributed by atoms with Crippen LogP contribution in [0.5, 0.6) is 0 Å². The zero-order valence-electron chi connectivity index (χ0n) is 12.6. The van der Waals surface area contributed by atoms with Crippen molar-refractivity contribution in [2.45, 2.75) is 45.6 Å². The molecular formula is C16H22N4O. The summed E-state index contributed by atoms with van der Waals surface area (Å²) in [6.45, 7) is 5.11. The van der Waals surface area contributed by atoms with Gasteiger partial charge in [-0.05, 0) is 62.4 Å². The van der Waals surface area contributed by atoms with Gasteiger partial charge in [0.05, 0.1) is 6.04 Å². The van der Waals surface area contributed by atoms with Crippen LogP contribution in [0.15, 0.2) is 22.6 Å². The highest BCUT2D eigenvalue weighted by molar-refractivity contribution is 5.55. The third-order valence-corrected chi connectivity index (χ3v) is 3.86. The van der Waals surface area contributed by atoms with Crippen LogP contribution in [0.1, 0.15) is 49.7 Å². The Morgan fingerprint density at radius 2 is 2.10 bits per heavy atom. The van der Waals surface area contributed by atoms with Gasteiger partial charge in [0.2, 0.25) is 5.89 Å². The number of nitrogens with zero attached hydrogens (tertiary/aromatic N) is 2. The molecule has 1 aliphatic rings. The number of aryl methyl sites for hydroxylation is 2. The van der Waals surface area contributed by atoms with Crippen molar-refractivity contribution in [1.82, 2.24) is 15.5 Å². The van der Waals surface area contributed by atoms with Crippen molar-refractivity contribution in [1.29, 1.82) is 0 Å². The summed E-state index contributed by atoms with van der Waals surface area (Å²) in [4.78, 5) is 0. The molecule has 1 aliphatic carbocycles. The third kappa shape index (κ3) is 3.24. The lowest BCUT2D eigenvalue weighted by atomic mass is 10.1. The van der Waals surface area contributed by atoms with E-state index in [4.69, 9.17) is 4.42 Å². The van der Waals surface area contributed by atoms with Gasteiger partial charge in [0.15, 0.2) is 0 Å². The van der Waals surface area contributed by atoms with Crippen molar-refractivity contribution in [2.75, 3.05) is 11.9 Å². The molecule has 2 aromatic rings. The Labute approximate surface area is 125 Å². The van der Waals surface area contributed by atoms with Gasteiger partial charge in [0, 0.05) is 5.69 Å². The third-order valence-electron chi connectivity index (χ3n) is 3.86. The molecule has 3 rings (SSSR count). The van der Waals surface area contributed by atoms with Crippen molar-refractivity contribution in [3.63, 3.8) is 0 Å². The molecule has 0 aliphatic heterocycles. The number of rotatable bonds is 6. The van der Waals surface area contributed by atoms with Crippen LogP contribution in [0.25, 0.3) is 0 Å². The van der Waals surface area contributed by atoms with Crippen LogP contribution in [-0.2, 0) is 12.8 Å². The number of hydrogen-bond donors (Lipinski definition) is 2. The Bertz CT molecular complexity index is 608.